The van der Waals surface area contributed by atoms with E-state index in [1.54, 1.807) is 0 Å². The maximum absolute atomic E-state index is 3.72. The second kappa shape index (κ2) is 6.88. The first-order chi connectivity index (χ1) is 10.4. The molecule has 0 saturated heterocycles. The molecule has 0 amide bonds. The second-order valence-electron chi connectivity index (χ2n) is 5.38. The molecule has 1 heterocycles. The Balaban J connectivity index is 1.91. The molecule has 1 aromatic heterocycles. The molecule has 2 heteroatoms. The van der Waals surface area contributed by atoms with E-state index < -0.39 is 0 Å². The van der Waals surface area contributed by atoms with E-state index in [2.05, 4.69) is 72.2 Å². The molecule has 3 rings (SSSR count). The molecule has 1 N–H and O–H groups in total. The van der Waals surface area contributed by atoms with Gasteiger partial charge in [0.05, 0.1) is 0 Å². The van der Waals surface area contributed by atoms with E-state index in [0.29, 0.717) is 6.04 Å². The molecule has 0 saturated carbocycles. The molecular weight excluding hydrogens is 274 g/mol. The van der Waals surface area contributed by atoms with Crippen LogP contribution in [0.25, 0.3) is 10.1 Å². The standard InChI is InChI=1S/C19H21NS/c1-2-12-20-18(13-15-8-4-3-5-9-15)17-14-21-19-11-7-6-10-16(17)19/h3-11,14,18,20H,2,12-13H2,1H3. The van der Waals surface area contributed by atoms with Gasteiger partial charge in [-0.3, -0.25) is 0 Å². The smallest absolute Gasteiger partial charge is 0.0375 e. The van der Waals surface area contributed by atoms with Crippen molar-refractivity contribution in [2.45, 2.75) is 25.8 Å². The normalized spacial score (nSPS) is 12.6. The van der Waals surface area contributed by atoms with Crippen molar-refractivity contribution < 1.29 is 0 Å². The Morgan fingerprint density at radius 2 is 1.76 bits per heavy atom. The van der Waals surface area contributed by atoms with Gasteiger partial charge in [-0.25, -0.2) is 0 Å². The Morgan fingerprint density at radius 3 is 2.57 bits per heavy atom. The predicted octanol–water partition coefficient (Wildman–Crippen LogP) is 5.18. The van der Waals surface area contributed by atoms with Gasteiger partial charge in [0, 0.05) is 10.7 Å². The number of rotatable bonds is 6. The van der Waals surface area contributed by atoms with Crippen LogP contribution in [-0.2, 0) is 6.42 Å². The summed E-state index contributed by atoms with van der Waals surface area (Å²) in [7, 11) is 0. The highest BCUT2D eigenvalue weighted by Crippen LogP contribution is 2.31. The summed E-state index contributed by atoms with van der Waals surface area (Å²) in [6.45, 7) is 3.28. The summed E-state index contributed by atoms with van der Waals surface area (Å²) in [5.41, 5.74) is 2.83. The Kier molecular flexibility index (Phi) is 4.69. The lowest BCUT2D eigenvalue weighted by Crippen LogP contribution is -2.23. The van der Waals surface area contributed by atoms with Crippen LogP contribution in [0.15, 0.2) is 60.0 Å². The number of fused-ring (bicyclic) bond motifs is 1. The summed E-state index contributed by atoms with van der Waals surface area (Å²) in [4.78, 5) is 0. The average molecular weight is 295 g/mol. The van der Waals surface area contributed by atoms with Crippen molar-refractivity contribution in [1.82, 2.24) is 5.32 Å². The van der Waals surface area contributed by atoms with Gasteiger partial charge < -0.3 is 5.32 Å². The van der Waals surface area contributed by atoms with Gasteiger partial charge >= 0.3 is 0 Å². The molecule has 1 nitrogen and oxygen atoms in total. The highest BCUT2D eigenvalue weighted by molar-refractivity contribution is 7.17. The average Bonchev–Trinajstić information content (AvgIpc) is 2.96. The fourth-order valence-electron chi connectivity index (χ4n) is 2.73. The summed E-state index contributed by atoms with van der Waals surface area (Å²) in [6.07, 6.45) is 2.20. The second-order valence-corrected chi connectivity index (χ2v) is 6.29. The van der Waals surface area contributed by atoms with Crippen molar-refractivity contribution in [2.24, 2.45) is 0 Å². The van der Waals surface area contributed by atoms with Crippen LogP contribution in [0, 0.1) is 0 Å². The number of benzene rings is 2. The van der Waals surface area contributed by atoms with Gasteiger partial charge in [0.25, 0.3) is 0 Å². The number of hydrogen-bond acceptors (Lipinski definition) is 2. The molecule has 108 valence electrons. The van der Waals surface area contributed by atoms with Gasteiger partial charge in [0.1, 0.15) is 0 Å². The van der Waals surface area contributed by atoms with Crippen LogP contribution >= 0.6 is 11.3 Å². The van der Waals surface area contributed by atoms with E-state index in [-0.39, 0.29) is 0 Å². The van der Waals surface area contributed by atoms with Gasteiger partial charge in [-0.05, 0) is 47.3 Å². The Morgan fingerprint density at radius 1 is 1.00 bits per heavy atom. The molecular formula is C19H21NS. The predicted molar refractivity (Wildman–Crippen MR) is 93.0 cm³/mol. The quantitative estimate of drug-likeness (QED) is 0.660. The maximum Gasteiger partial charge on any atom is 0.0375 e. The van der Waals surface area contributed by atoms with Gasteiger partial charge in [0.2, 0.25) is 0 Å². The highest BCUT2D eigenvalue weighted by atomic mass is 32.1. The summed E-state index contributed by atoms with van der Waals surface area (Å²) >= 11 is 1.85. The molecule has 0 radical (unpaired) electrons. The Hall–Kier alpha value is -1.64. The van der Waals surface area contributed by atoms with Crippen molar-refractivity contribution in [3.63, 3.8) is 0 Å². The molecule has 0 aliphatic carbocycles. The van der Waals surface area contributed by atoms with E-state index >= 15 is 0 Å². The third-order valence-corrected chi connectivity index (χ3v) is 4.79. The third kappa shape index (κ3) is 3.34. The molecule has 1 unspecified atom stereocenters. The first-order valence-corrected chi connectivity index (χ1v) is 8.50. The van der Waals surface area contributed by atoms with Crippen molar-refractivity contribution in [3.8, 4) is 0 Å². The van der Waals surface area contributed by atoms with Crippen molar-refractivity contribution in [3.05, 3.63) is 71.1 Å². The number of hydrogen-bond donors (Lipinski definition) is 1. The molecule has 0 aliphatic heterocycles. The van der Waals surface area contributed by atoms with E-state index in [0.717, 1.165) is 19.4 Å². The van der Waals surface area contributed by atoms with Crippen LogP contribution in [0.1, 0.15) is 30.5 Å². The topological polar surface area (TPSA) is 12.0 Å². The Bertz CT molecular complexity index is 687. The zero-order valence-electron chi connectivity index (χ0n) is 12.4. The molecule has 0 bridgehead atoms. The SMILES string of the molecule is CCCNC(Cc1ccccc1)c1csc2ccccc12. The van der Waals surface area contributed by atoms with E-state index in [9.17, 15) is 0 Å². The minimum absolute atomic E-state index is 0.392. The van der Waals surface area contributed by atoms with Gasteiger partial charge in [-0.15, -0.1) is 11.3 Å². The van der Waals surface area contributed by atoms with Crippen LogP contribution in [0.5, 0.6) is 0 Å². The minimum Gasteiger partial charge on any atom is -0.310 e. The van der Waals surface area contributed by atoms with Crippen LogP contribution in [-0.4, -0.2) is 6.54 Å². The summed E-state index contributed by atoms with van der Waals surface area (Å²) in [5, 5.41) is 7.43. The maximum atomic E-state index is 3.72. The first-order valence-electron chi connectivity index (χ1n) is 7.62. The van der Waals surface area contributed by atoms with E-state index in [4.69, 9.17) is 0 Å². The van der Waals surface area contributed by atoms with Crippen LogP contribution in [0.4, 0.5) is 0 Å². The van der Waals surface area contributed by atoms with Crippen molar-refractivity contribution in [1.29, 1.82) is 0 Å². The van der Waals surface area contributed by atoms with Crippen LogP contribution < -0.4 is 5.32 Å². The van der Waals surface area contributed by atoms with Gasteiger partial charge in [0.15, 0.2) is 0 Å². The fraction of sp³-hybridized carbons (Fsp3) is 0.263. The lowest BCUT2D eigenvalue weighted by molar-refractivity contribution is 0.533. The zero-order valence-corrected chi connectivity index (χ0v) is 13.2. The van der Waals surface area contributed by atoms with Gasteiger partial charge in [-0.1, -0.05) is 55.5 Å². The number of thiophene rings is 1. The fourth-order valence-corrected chi connectivity index (χ4v) is 3.74. The van der Waals surface area contributed by atoms with E-state index in [1.807, 2.05) is 11.3 Å². The third-order valence-electron chi connectivity index (χ3n) is 3.81. The molecule has 1 atom stereocenters. The van der Waals surface area contributed by atoms with Crippen molar-refractivity contribution in [2.75, 3.05) is 6.54 Å². The highest BCUT2D eigenvalue weighted by Gasteiger charge is 2.15. The number of nitrogens with one attached hydrogen (secondary N) is 1. The largest absolute Gasteiger partial charge is 0.310 e. The van der Waals surface area contributed by atoms with E-state index in [1.165, 1.54) is 21.2 Å². The lowest BCUT2D eigenvalue weighted by Gasteiger charge is -2.18. The minimum atomic E-state index is 0.392. The molecule has 0 spiro atoms. The van der Waals surface area contributed by atoms with Crippen LogP contribution in [0.3, 0.4) is 0 Å². The Labute approximate surface area is 130 Å². The molecule has 0 fully saturated rings. The summed E-state index contributed by atoms with van der Waals surface area (Å²) in [5.74, 6) is 0. The lowest BCUT2D eigenvalue weighted by atomic mass is 9.98. The monoisotopic (exact) mass is 295 g/mol. The molecule has 2 aromatic carbocycles. The molecule has 21 heavy (non-hydrogen) atoms. The van der Waals surface area contributed by atoms with Crippen molar-refractivity contribution >= 4 is 21.4 Å². The van der Waals surface area contributed by atoms with Crippen LogP contribution in [0.2, 0.25) is 0 Å². The summed E-state index contributed by atoms with van der Waals surface area (Å²) in [6, 6.07) is 19.9. The molecule has 0 aliphatic rings. The summed E-state index contributed by atoms with van der Waals surface area (Å²) < 4.78 is 1.38. The zero-order chi connectivity index (χ0) is 14.5. The first kappa shape index (κ1) is 14.3. The molecule has 3 aromatic rings. The van der Waals surface area contributed by atoms with Gasteiger partial charge in [-0.2, -0.15) is 0 Å².